The summed E-state index contributed by atoms with van der Waals surface area (Å²) < 4.78 is 22.8. The van der Waals surface area contributed by atoms with E-state index in [1.807, 2.05) is 0 Å². The van der Waals surface area contributed by atoms with E-state index in [1.165, 1.54) is 19.1 Å². The average Bonchev–Trinajstić information content (AvgIpc) is 3.02. The van der Waals surface area contributed by atoms with E-state index >= 15 is 0 Å². The Morgan fingerprint density at radius 2 is 1.89 bits per heavy atom. The number of nitrogens with one attached hydrogen (secondary N) is 1. The summed E-state index contributed by atoms with van der Waals surface area (Å²) in [5, 5.41) is 3.61. The van der Waals surface area contributed by atoms with Crippen LogP contribution >= 0.6 is 0 Å². The summed E-state index contributed by atoms with van der Waals surface area (Å²) in [7, 11) is -2.88. The molecular weight excluding hydrogens is 248 g/mol. The molecule has 1 aliphatic carbocycles. The molecule has 2 fully saturated rings. The molecule has 2 aliphatic rings. The highest BCUT2D eigenvalue weighted by molar-refractivity contribution is 7.90. The number of rotatable bonds is 4. The van der Waals surface area contributed by atoms with Crippen molar-refractivity contribution in [3.8, 4) is 0 Å². The van der Waals surface area contributed by atoms with Crippen molar-refractivity contribution in [2.24, 2.45) is 5.92 Å². The van der Waals surface area contributed by atoms with Gasteiger partial charge in [-0.25, -0.2) is 8.42 Å². The van der Waals surface area contributed by atoms with Gasteiger partial charge in [0, 0.05) is 37.0 Å². The molecule has 1 atom stereocenters. The maximum Gasteiger partial charge on any atom is 0.148 e. The lowest BCUT2D eigenvalue weighted by molar-refractivity contribution is 0.0170. The van der Waals surface area contributed by atoms with Crippen molar-refractivity contribution >= 4 is 9.84 Å². The molecule has 1 N–H and O–H groups in total. The molecule has 0 radical (unpaired) electrons. The molecule has 1 saturated carbocycles. The number of hydrogen-bond acceptors (Lipinski definition) is 4. The minimum atomic E-state index is -2.88. The van der Waals surface area contributed by atoms with Gasteiger partial charge < -0.3 is 5.32 Å². The molecular formula is C13H26N2O2S. The highest BCUT2D eigenvalue weighted by Crippen LogP contribution is 2.44. The third kappa shape index (κ3) is 3.25. The van der Waals surface area contributed by atoms with Crippen LogP contribution in [0.5, 0.6) is 0 Å². The number of hydrogen-bond donors (Lipinski definition) is 1. The van der Waals surface area contributed by atoms with Crippen LogP contribution in [0, 0.1) is 5.92 Å². The van der Waals surface area contributed by atoms with E-state index in [0.717, 1.165) is 19.0 Å². The SMILES string of the molecule is CC1(C)CN(CCS(C)(=O)=O)C(C)(C2CC2)CN1. The van der Waals surface area contributed by atoms with E-state index < -0.39 is 9.84 Å². The first kappa shape index (κ1) is 14.3. The van der Waals surface area contributed by atoms with Gasteiger partial charge in [-0.3, -0.25) is 4.90 Å². The number of piperazine rings is 1. The van der Waals surface area contributed by atoms with Crippen LogP contribution < -0.4 is 5.32 Å². The first-order chi connectivity index (χ1) is 8.12. The Balaban J connectivity index is 2.09. The largest absolute Gasteiger partial charge is 0.309 e. The van der Waals surface area contributed by atoms with Crippen molar-refractivity contribution in [2.75, 3.05) is 31.6 Å². The van der Waals surface area contributed by atoms with Crippen molar-refractivity contribution in [2.45, 2.75) is 44.7 Å². The van der Waals surface area contributed by atoms with E-state index in [1.54, 1.807) is 0 Å². The number of sulfone groups is 1. The van der Waals surface area contributed by atoms with E-state index in [-0.39, 0.29) is 16.8 Å². The average molecular weight is 274 g/mol. The fourth-order valence-corrected chi connectivity index (χ4v) is 3.51. The van der Waals surface area contributed by atoms with Gasteiger partial charge in [-0.15, -0.1) is 0 Å². The van der Waals surface area contributed by atoms with Crippen molar-refractivity contribution in [3.05, 3.63) is 0 Å². The maximum absolute atomic E-state index is 11.4. The zero-order chi connectivity index (χ0) is 13.6. The standard InChI is InChI=1S/C13H26N2O2S/c1-12(2)10-15(7-8-18(4,16)17)13(3,9-14-12)11-5-6-11/h11,14H,5-10H2,1-4H3. The highest BCUT2D eigenvalue weighted by Gasteiger charge is 2.49. The molecule has 4 nitrogen and oxygen atoms in total. The monoisotopic (exact) mass is 274 g/mol. The summed E-state index contributed by atoms with van der Waals surface area (Å²) in [4.78, 5) is 2.40. The second-order valence-electron chi connectivity index (χ2n) is 6.92. The van der Waals surface area contributed by atoms with Crippen LogP contribution in [0.2, 0.25) is 0 Å². The van der Waals surface area contributed by atoms with Gasteiger partial charge in [-0.1, -0.05) is 0 Å². The quantitative estimate of drug-likeness (QED) is 0.827. The number of nitrogens with zero attached hydrogens (tertiary/aromatic N) is 1. The summed E-state index contributed by atoms with van der Waals surface area (Å²) >= 11 is 0. The van der Waals surface area contributed by atoms with Gasteiger partial charge in [-0.2, -0.15) is 0 Å². The van der Waals surface area contributed by atoms with Crippen LogP contribution in [0.25, 0.3) is 0 Å². The summed E-state index contributed by atoms with van der Waals surface area (Å²) in [6.45, 7) is 9.22. The Labute approximate surface area is 111 Å². The molecule has 0 aromatic rings. The third-order valence-electron chi connectivity index (χ3n) is 4.42. The van der Waals surface area contributed by atoms with Gasteiger partial charge in [0.1, 0.15) is 9.84 Å². The molecule has 1 saturated heterocycles. The van der Waals surface area contributed by atoms with Crippen molar-refractivity contribution in [1.82, 2.24) is 10.2 Å². The Bertz CT molecular complexity index is 415. The van der Waals surface area contributed by atoms with Crippen molar-refractivity contribution < 1.29 is 8.42 Å². The van der Waals surface area contributed by atoms with Gasteiger partial charge in [0.05, 0.1) is 5.75 Å². The molecule has 18 heavy (non-hydrogen) atoms. The minimum absolute atomic E-state index is 0.0753. The first-order valence-electron chi connectivity index (χ1n) is 6.80. The van der Waals surface area contributed by atoms with Crippen LogP contribution in [0.3, 0.4) is 0 Å². The van der Waals surface area contributed by atoms with Gasteiger partial charge in [-0.05, 0) is 39.5 Å². The smallest absolute Gasteiger partial charge is 0.148 e. The zero-order valence-electron chi connectivity index (χ0n) is 12.0. The Hall–Kier alpha value is -0.130. The Morgan fingerprint density at radius 1 is 1.28 bits per heavy atom. The maximum atomic E-state index is 11.4. The first-order valence-corrected chi connectivity index (χ1v) is 8.86. The molecule has 0 amide bonds. The van der Waals surface area contributed by atoms with Crippen molar-refractivity contribution in [3.63, 3.8) is 0 Å². The van der Waals surface area contributed by atoms with Gasteiger partial charge >= 0.3 is 0 Å². The minimum Gasteiger partial charge on any atom is -0.309 e. The lowest BCUT2D eigenvalue weighted by Crippen LogP contribution is -2.68. The third-order valence-corrected chi connectivity index (χ3v) is 5.35. The van der Waals surface area contributed by atoms with E-state index in [9.17, 15) is 8.42 Å². The molecule has 1 aliphatic heterocycles. The fourth-order valence-electron chi connectivity index (χ4n) is 2.96. The Morgan fingerprint density at radius 3 is 2.39 bits per heavy atom. The second kappa shape index (κ2) is 4.46. The van der Waals surface area contributed by atoms with Crippen LogP contribution in [0.4, 0.5) is 0 Å². The lowest BCUT2D eigenvalue weighted by Gasteiger charge is -2.51. The van der Waals surface area contributed by atoms with Crippen LogP contribution in [-0.2, 0) is 9.84 Å². The highest BCUT2D eigenvalue weighted by atomic mass is 32.2. The topological polar surface area (TPSA) is 49.4 Å². The summed E-state index contributed by atoms with van der Waals surface area (Å²) in [5.74, 6) is 1.01. The van der Waals surface area contributed by atoms with Crippen LogP contribution in [0.1, 0.15) is 33.6 Å². The zero-order valence-corrected chi connectivity index (χ0v) is 12.8. The molecule has 0 bridgehead atoms. The predicted octanol–water partition coefficient (Wildman–Crippen LogP) is 0.884. The van der Waals surface area contributed by atoms with E-state index in [4.69, 9.17) is 0 Å². The van der Waals surface area contributed by atoms with E-state index in [2.05, 4.69) is 31.0 Å². The molecule has 1 heterocycles. The van der Waals surface area contributed by atoms with Gasteiger partial charge in [0.15, 0.2) is 0 Å². The van der Waals surface area contributed by atoms with Crippen LogP contribution in [0.15, 0.2) is 0 Å². The van der Waals surface area contributed by atoms with Crippen LogP contribution in [-0.4, -0.2) is 56.0 Å². The predicted molar refractivity (Wildman–Crippen MR) is 74.5 cm³/mol. The Kier molecular flexibility index (Phi) is 3.54. The summed E-state index contributed by atoms with van der Waals surface area (Å²) in [5.41, 5.74) is 0.214. The lowest BCUT2D eigenvalue weighted by atomic mass is 9.86. The molecule has 0 aromatic carbocycles. The molecule has 106 valence electrons. The molecule has 0 aromatic heterocycles. The molecule has 0 spiro atoms. The molecule has 5 heteroatoms. The normalized spacial score (nSPS) is 33.6. The summed E-state index contributed by atoms with van der Waals surface area (Å²) in [6.07, 6.45) is 3.90. The van der Waals surface area contributed by atoms with E-state index in [0.29, 0.717) is 6.54 Å². The fraction of sp³-hybridized carbons (Fsp3) is 1.00. The molecule has 1 unspecified atom stereocenters. The van der Waals surface area contributed by atoms with Crippen molar-refractivity contribution in [1.29, 1.82) is 0 Å². The van der Waals surface area contributed by atoms with Gasteiger partial charge in [0.2, 0.25) is 0 Å². The van der Waals surface area contributed by atoms with Gasteiger partial charge in [0.25, 0.3) is 0 Å². The summed E-state index contributed by atoms with van der Waals surface area (Å²) in [6, 6.07) is 0. The second-order valence-corrected chi connectivity index (χ2v) is 9.18. The molecule has 2 rings (SSSR count).